The molecule has 1 aromatic heterocycles. The Morgan fingerprint density at radius 3 is 2.32 bits per heavy atom. The van der Waals surface area contributed by atoms with E-state index in [1.165, 1.54) is 0 Å². The van der Waals surface area contributed by atoms with Gasteiger partial charge in [-0.25, -0.2) is 9.97 Å². The molecule has 2 rings (SSSR count). The van der Waals surface area contributed by atoms with E-state index in [0.29, 0.717) is 30.5 Å². The average molecular weight is 343 g/mol. The standard InChI is InChI=1S/C18H23N3O2.C2H6/c1-12(2)11-23-17-7-5-15(6-8-17)18(22)19-10-16-9-13(3)20-14(4)21-16;1-2/h5-9,12H,10-11H2,1-4H3,(H,19,22);1-2H3. The summed E-state index contributed by atoms with van der Waals surface area (Å²) in [7, 11) is 0. The molecule has 0 atom stereocenters. The molecule has 5 heteroatoms. The molecule has 0 spiro atoms. The van der Waals surface area contributed by atoms with Crippen molar-refractivity contribution in [3.8, 4) is 5.75 Å². The van der Waals surface area contributed by atoms with E-state index in [2.05, 4.69) is 29.1 Å². The van der Waals surface area contributed by atoms with Crippen LogP contribution in [0, 0.1) is 19.8 Å². The summed E-state index contributed by atoms with van der Waals surface area (Å²) in [4.78, 5) is 20.7. The minimum atomic E-state index is -0.130. The fourth-order valence-electron chi connectivity index (χ4n) is 2.12. The summed E-state index contributed by atoms with van der Waals surface area (Å²) in [5.41, 5.74) is 2.30. The number of carbonyl (C=O) groups is 1. The summed E-state index contributed by atoms with van der Waals surface area (Å²) in [5, 5.41) is 2.87. The minimum absolute atomic E-state index is 0.130. The lowest BCUT2D eigenvalue weighted by Crippen LogP contribution is -2.23. The van der Waals surface area contributed by atoms with Crippen molar-refractivity contribution in [3.05, 3.63) is 53.1 Å². The molecule has 1 N–H and O–H groups in total. The lowest BCUT2D eigenvalue weighted by molar-refractivity contribution is 0.0950. The van der Waals surface area contributed by atoms with E-state index in [0.717, 1.165) is 17.1 Å². The molecule has 0 saturated carbocycles. The van der Waals surface area contributed by atoms with E-state index < -0.39 is 0 Å². The van der Waals surface area contributed by atoms with Crippen molar-refractivity contribution in [3.63, 3.8) is 0 Å². The summed E-state index contributed by atoms with van der Waals surface area (Å²) in [5.74, 6) is 1.82. The number of amides is 1. The van der Waals surface area contributed by atoms with Gasteiger partial charge < -0.3 is 10.1 Å². The Kier molecular flexibility index (Phi) is 8.61. The monoisotopic (exact) mass is 343 g/mol. The Morgan fingerprint density at radius 2 is 1.76 bits per heavy atom. The second-order valence-electron chi connectivity index (χ2n) is 5.96. The van der Waals surface area contributed by atoms with Crippen LogP contribution in [0.15, 0.2) is 30.3 Å². The highest BCUT2D eigenvalue weighted by atomic mass is 16.5. The first-order chi connectivity index (χ1) is 11.9. The van der Waals surface area contributed by atoms with Gasteiger partial charge in [0.2, 0.25) is 0 Å². The number of aromatic nitrogens is 2. The number of carbonyl (C=O) groups excluding carboxylic acids is 1. The number of nitrogens with zero attached hydrogens (tertiary/aromatic N) is 2. The van der Waals surface area contributed by atoms with Gasteiger partial charge in [0.1, 0.15) is 11.6 Å². The molecule has 136 valence electrons. The second-order valence-corrected chi connectivity index (χ2v) is 5.96. The van der Waals surface area contributed by atoms with Crippen molar-refractivity contribution in [2.45, 2.75) is 48.1 Å². The Labute approximate surface area is 150 Å². The summed E-state index contributed by atoms with van der Waals surface area (Å²) < 4.78 is 5.61. The molecule has 1 amide bonds. The van der Waals surface area contributed by atoms with Gasteiger partial charge in [-0.2, -0.15) is 0 Å². The zero-order valence-electron chi connectivity index (χ0n) is 16.1. The van der Waals surface area contributed by atoms with Crippen molar-refractivity contribution in [2.75, 3.05) is 6.61 Å². The van der Waals surface area contributed by atoms with Crippen LogP contribution < -0.4 is 10.1 Å². The van der Waals surface area contributed by atoms with Crippen LogP contribution in [0.5, 0.6) is 5.75 Å². The Balaban J connectivity index is 0.00000151. The highest BCUT2D eigenvalue weighted by Crippen LogP contribution is 2.13. The number of nitrogens with one attached hydrogen (secondary N) is 1. The third-order valence-corrected chi connectivity index (χ3v) is 3.15. The summed E-state index contributed by atoms with van der Waals surface area (Å²) in [6.07, 6.45) is 0. The molecular weight excluding hydrogens is 314 g/mol. The Bertz CT molecular complexity index is 647. The zero-order valence-corrected chi connectivity index (χ0v) is 16.1. The number of rotatable bonds is 6. The maximum absolute atomic E-state index is 12.2. The van der Waals surface area contributed by atoms with E-state index in [1.54, 1.807) is 12.1 Å². The van der Waals surface area contributed by atoms with Crippen molar-refractivity contribution < 1.29 is 9.53 Å². The van der Waals surface area contributed by atoms with Crippen LogP contribution in [0.25, 0.3) is 0 Å². The molecular formula is C20H29N3O2. The van der Waals surface area contributed by atoms with E-state index in [4.69, 9.17) is 4.74 Å². The van der Waals surface area contributed by atoms with Crippen molar-refractivity contribution in [2.24, 2.45) is 5.92 Å². The smallest absolute Gasteiger partial charge is 0.251 e. The van der Waals surface area contributed by atoms with Gasteiger partial charge in [-0.05, 0) is 50.1 Å². The number of benzene rings is 1. The highest BCUT2D eigenvalue weighted by molar-refractivity contribution is 5.94. The normalized spacial score (nSPS) is 10.0. The molecule has 0 aliphatic carbocycles. The molecule has 0 unspecified atom stereocenters. The predicted molar refractivity (Wildman–Crippen MR) is 101 cm³/mol. The number of ether oxygens (including phenoxy) is 1. The van der Waals surface area contributed by atoms with Crippen LogP contribution >= 0.6 is 0 Å². The number of aryl methyl sites for hydroxylation is 2. The third-order valence-electron chi connectivity index (χ3n) is 3.15. The van der Waals surface area contributed by atoms with Crippen molar-refractivity contribution in [1.29, 1.82) is 0 Å². The summed E-state index contributed by atoms with van der Waals surface area (Å²) in [6, 6.07) is 9.03. The van der Waals surface area contributed by atoms with Crippen LogP contribution in [0.3, 0.4) is 0 Å². The molecule has 0 radical (unpaired) electrons. The van der Waals surface area contributed by atoms with E-state index in [9.17, 15) is 4.79 Å². The quantitative estimate of drug-likeness (QED) is 0.858. The second kappa shape index (κ2) is 10.4. The Morgan fingerprint density at radius 1 is 1.12 bits per heavy atom. The third kappa shape index (κ3) is 7.33. The number of hydrogen-bond donors (Lipinski definition) is 1. The highest BCUT2D eigenvalue weighted by Gasteiger charge is 2.07. The maximum atomic E-state index is 12.2. The first-order valence-corrected chi connectivity index (χ1v) is 8.76. The first kappa shape index (κ1) is 20.6. The van der Waals surface area contributed by atoms with Gasteiger partial charge in [0, 0.05) is 11.3 Å². The van der Waals surface area contributed by atoms with Gasteiger partial charge in [0.05, 0.1) is 18.8 Å². The fourth-order valence-corrected chi connectivity index (χ4v) is 2.12. The van der Waals surface area contributed by atoms with Gasteiger partial charge >= 0.3 is 0 Å². The number of hydrogen-bond acceptors (Lipinski definition) is 4. The van der Waals surface area contributed by atoms with Crippen molar-refractivity contribution >= 4 is 5.91 Å². The molecule has 25 heavy (non-hydrogen) atoms. The van der Waals surface area contributed by atoms with Crippen LogP contribution in [0.1, 0.15) is 55.3 Å². The minimum Gasteiger partial charge on any atom is -0.493 e. The molecule has 0 bridgehead atoms. The molecule has 5 nitrogen and oxygen atoms in total. The van der Waals surface area contributed by atoms with E-state index in [-0.39, 0.29) is 5.91 Å². The molecule has 0 saturated heterocycles. The topological polar surface area (TPSA) is 64.1 Å². The van der Waals surface area contributed by atoms with Gasteiger partial charge in [-0.1, -0.05) is 27.7 Å². The molecule has 1 heterocycles. The van der Waals surface area contributed by atoms with Crippen LogP contribution in [0.4, 0.5) is 0 Å². The lowest BCUT2D eigenvalue weighted by Gasteiger charge is -2.09. The predicted octanol–water partition coefficient (Wildman–Crippen LogP) is 4.08. The van der Waals surface area contributed by atoms with Crippen LogP contribution in [-0.4, -0.2) is 22.5 Å². The van der Waals surface area contributed by atoms with Gasteiger partial charge in [0.25, 0.3) is 5.91 Å². The van der Waals surface area contributed by atoms with Gasteiger partial charge in [0.15, 0.2) is 0 Å². The summed E-state index contributed by atoms with van der Waals surface area (Å²) in [6.45, 7) is 13.0. The van der Waals surface area contributed by atoms with Crippen LogP contribution in [0.2, 0.25) is 0 Å². The van der Waals surface area contributed by atoms with Gasteiger partial charge in [-0.3, -0.25) is 4.79 Å². The lowest BCUT2D eigenvalue weighted by atomic mass is 10.2. The van der Waals surface area contributed by atoms with Crippen molar-refractivity contribution in [1.82, 2.24) is 15.3 Å². The van der Waals surface area contributed by atoms with E-state index >= 15 is 0 Å². The molecule has 0 aliphatic rings. The van der Waals surface area contributed by atoms with Crippen LogP contribution in [-0.2, 0) is 6.54 Å². The van der Waals surface area contributed by atoms with Gasteiger partial charge in [-0.15, -0.1) is 0 Å². The SMILES string of the molecule is CC.Cc1cc(CNC(=O)c2ccc(OCC(C)C)cc2)nc(C)n1. The Hall–Kier alpha value is -2.43. The zero-order chi connectivity index (χ0) is 18.8. The summed E-state index contributed by atoms with van der Waals surface area (Å²) >= 11 is 0. The molecule has 0 fully saturated rings. The fraction of sp³-hybridized carbons (Fsp3) is 0.450. The van der Waals surface area contributed by atoms with E-state index in [1.807, 2.05) is 45.9 Å². The first-order valence-electron chi connectivity index (χ1n) is 8.76. The largest absolute Gasteiger partial charge is 0.493 e. The average Bonchev–Trinajstić information content (AvgIpc) is 2.59. The molecule has 1 aromatic carbocycles. The molecule has 2 aromatic rings. The molecule has 0 aliphatic heterocycles. The maximum Gasteiger partial charge on any atom is 0.251 e.